The van der Waals surface area contributed by atoms with Gasteiger partial charge in [-0.3, -0.25) is 0 Å². The summed E-state index contributed by atoms with van der Waals surface area (Å²) in [7, 11) is 0. The first-order valence-electron chi connectivity index (χ1n) is 2.59. The van der Waals surface area contributed by atoms with Crippen molar-refractivity contribution in [3.05, 3.63) is 35.9 Å². The molecular weight excluding hydrogens is 187 g/mol. The van der Waals surface area contributed by atoms with E-state index in [4.69, 9.17) is 5.73 Å². The Morgan fingerprint density at radius 1 is 1.44 bits per heavy atom. The summed E-state index contributed by atoms with van der Waals surface area (Å²) in [6.45, 7) is 0.584. The molecule has 0 fully saturated rings. The van der Waals surface area contributed by atoms with Gasteiger partial charge >= 0.3 is 0 Å². The maximum absolute atomic E-state index is 5.32. The van der Waals surface area contributed by atoms with Gasteiger partial charge in [-0.05, 0) is 6.54 Å². The molecule has 2 N–H and O–H groups in total. The topological polar surface area (TPSA) is 26.0 Å². The van der Waals surface area contributed by atoms with E-state index in [1.165, 1.54) is 0 Å². The molecule has 0 amide bonds. The molecule has 0 aliphatic heterocycles. The van der Waals surface area contributed by atoms with Crippen molar-refractivity contribution in [1.29, 1.82) is 0 Å². The summed E-state index contributed by atoms with van der Waals surface area (Å²) >= 11 is 0. The number of hydrogen-bond acceptors (Lipinski definition) is 1. The minimum absolute atomic E-state index is 0. The van der Waals surface area contributed by atoms with Crippen molar-refractivity contribution in [3.8, 4) is 0 Å². The first-order valence-corrected chi connectivity index (χ1v) is 2.59. The van der Waals surface area contributed by atoms with E-state index in [1.54, 1.807) is 0 Å². The molecule has 1 rings (SSSR count). The van der Waals surface area contributed by atoms with Gasteiger partial charge in [0.2, 0.25) is 0 Å². The molecule has 0 saturated heterocycles. The smallest absolute Gasteiger partial charge is 0 e. The molecule has 0 aliphatic rings. The molecule has 0 spiro atoms. The van der Waals surface area contributed by atoms with E-state index in [1.807, 2.05) is 24.3 Å². The van der Waals surface area contributed by atoms with Gasteiger partial charge in [0.1, 0.15) is 0 Å². The van der Waals surface area contributed by atoms with Crippen molar-refractivity contribution in [2.75, 3.05) is 0 Å². The minimum atomic E-state index is 0. The van der Waals surface area contributed by atoms with Crippen LogP contribution in [0.2, 0.25) is 0 Å². The maximum atomic E-state index is 5.32. The van der Waals surface area contributed by atoms with Gasteiger partial charge in [-0.1, -0.05) is 0 Å². The second-order valence-corrected chi connectivity index (χ2v) is 1.59. The van der Waals surface area contributed by atoms with Crippen LogP contribution in [0.3, 0.4) is 0 Å². The zero-order chi connectivity index (χ0) is 5.82. The van der Waals surface area contributed by atoms with Crippen LogP contribution in [0, 0.1) is 6.07 Å². The fourth-order valence-electron chi connectivity index (χ4n) is 0.557. The molecule has 1 radical (unpaired) electrons. The van der Waals surface area contributed by atoms with Crippen LogP contribution in [0.5, 0.6) is 0 Å². The Hall–Kier alpha value is 0.284. The maximum Gasteiger partial charge on any atom is 0 e. The molecular formula is C7H8NY-. The Morgan fingerprint density at radius 2 is 2.22 bits per heavy atom. The summed E-state index contributed by atoms with van der Waals surface area (Å²) in [5.74, 6) is 0. The molecule has 0 aromatic heterocycles. The minimum Gasteiger partial charge on any atom is -0.328 e. The van der Waals surface area contributed by atoms with Crippen molar-refractivity contribution in [1.82, 2.24) is 0 Å². The molecule has 9 heavy (non-hydrogen) atoms. The Morgan fingerprint density at radius 3 is 2.56 bits per heavy atom. The van der Waals surface area contributed by atoms with Crippen molar-refractivity contribution in [3.63, 3.8) is 0 Å². The predicted molar refractivity (Wildman–Crippen MR) is 33.2 cm³/mol. The second-order valence-electron chi connectivity index (χ2n) is 1.59. The van der Waals surface area contributed by atoms with E-state index in [0.717, 1.165) is 5.56 Å². The van der Waals surface area contributed by atoms with Gasteiger partial charge in [-0.15, -0.1) is 5.56 Å². The zero-order valence-corrected chi connectivity index (χ0v) is 8.01. The fourth-order valence-corrected chi connectivity index (χ4v) is 0.557. The van der Waals surface area contributed by atoms with Gasteiger partial charge < -0.3 is 5.73 Å². The number of hydrogen-bond donors (Lipinski definition) is 1. The Balaban J connectivity index is 0.000000640. The predicted octanol–water partition coefficient (Wildman–Crippen LogP) is 0.943. The van der Waals surface area contributed by atoms with Crippen LogP contribution in [-0.2, 0) is 39.3 Å². The first kappa shape index (κ1) is 9.28. The average Bonchev–Trinajstić information content (AvgIpc) is 1.90. The summed E-state index contributed by atoms with van der Waals surface area (Å²) < 4.78 is 0. The van der Waals surface area contributed by atoms with Crippen LogP contribution in [0.1, 0.15) is 5.56 Å². The molecule has 0 bridgehead atoms. The largest absolute Gasteiger partial charge is 0.328 e. The van der Waals surface area contributed by atoms with Gasteiger partial charge in [0.15, 0.2) is 0 Å². The third-order valence-electron chi connectivity index (χ3n) is 0.993. The molecule has 45 valence electrons. The van der Waals surface area contributed by atoms with Crippen LogP contribution < -0.4 is 5.73 Å². The van der Waals surface area contributed by atoms with E-state index in [9.17, 15) is 0 Å². The van der Waals surface area contributed by atoms with Crippen molar-refractivity contribution in [2.45, 2.75) is 6.54 Å². The molecule has 0 atom stereocenters. The molecule has 0 aliphatic carbocycles. The van der Waals surface area contributed by atoms with Crippen molar-refractivity contribution < 1.29 is 32.7 Å². The molecule has 0 saturated carbocycles. The summed E-state index contributed by atoms with van der Waals surface area (Å²) in [4.78, 5) is 0. The Bertz CT molecular complexity index is 150. The van der Waals surface area contributed by atoms with E-state index in [-0.39, 0.29) is 32.7 Å². The van der Waals surface area contributed by atoms with Gasteiger partial charge in [-0.25, -0.2) is 0 Å². The summed E-state index contributed by atoms with van der Waals surface area (Å²) in [6, 6.07) is 10.7. The van der Waals surface area contributed by atoms with Gasteiger partial charge in [0.05, 0.1) is 0 Å². The Labute approximate surface area is 80.5 Å². The molecule has 1 aromatic rings. The molecule has 1 aromatic carbocycles. The number of rotatable bonds is 1. The van der Waals surface area contributed by atoms with Crippen LogP contribution in [-0.4, -0.2) is 0 Å². The van der Waals surface area contributed by atoms with Crippen LogP contribution in [0.15, 0.2) is 24.3 Å². The Kier molecular flexibility index (Phi) is 5.26. The quantitative estimate of drug-likeness (QED) is 0.663. The standard InChI is InChI=1S/C7H8N.Y/c8-6-7-4-2-1-3-5-7;/h1-4H,6,8H2;/q-1;. The second kappa shape index (κ2) is 5.10. The van der Waals surface area contributed by atoms with E-state index >= 15 is 0 Å². The molecule has 0 unspecified atom stereocenters. The number of benzene rings is 1. The van der Waals surface area contributed by atoms with Gasteiger partial charge in [0, 0.05) is 32.7 Å². The van der Waals surface area contributed by atoms with Crippen LogP contribution in [0.4, 0.5) is 0 Å². The van der Waals surface area contributed by atoms with Crippen molar-refractivity contribution >= 4 is 0 Å². The van der Waals surface area contributed by atoms with Crippen molar-refractivity contribution in [2.24, 2.45) is 5.73 Å². The molecule has 2 heteroatoms. The zero-order valence-electron chi connectivity index (χ0n) is 5.17. The normalized spacial score (nSPS) is 8.11. The first-order chi connectivity index (χ1) is 3.93. The van der Waals surface area contributed by atoms with E-state index < -0.39 is 0 Å². The van der Waals surface area contributed by atoms with Crippen LogP contribution >= 0.6 is 0 Å². The third-order valence-corrected chi connectivity index (χ3v) is 0.993. The average molecular weight is 195 g/mol. The van der Waals surface area contributed by atoms with E-state index in [0.29, 0.717) is 6.54 Å². The summed E-state index contributed by atoms with van der Waals surface area (Å²) in [6.07, 6.45) is 0. The summed E-state index contributed by atoms with van der Waals surface area (Å²) in [5, 5.41) is 0. The monoisotopic (exact) mass is 195 g/mol. The SMILES string of the molecule is NCc1[c-]cccc1.[Y]. The van der Waals surface area contributed by atoms with Crippen LogP contribution in [0.25, 0.3) is 0 Å². The van der Waals surface area contributed by atoms with Gasteiger partial charge in [0.25, 0.3) is 0 Å². The molecule has 1 nitrogen and oxygen atoms in total. The van der Waals surface area contributed by atoms with Gasteiger partial charge in [-0.2, -0.15) is 30.3 Å². The fraction of sp³-hybridized carbons (Fsp3) is 0.143. The molecule has 0 heterocycles. The van der Waals surface area contributed by atoms with E-state index in [2.05, 4.69) is 6.07 Å². The third kappa shape index (κ3) is 3.09. The number of nitrogens with two attached hydrogens (primary N) is 1. The summed E-state index contributed by atoms with van der Waals surface area (Å²) in [5.41, 5.74) is 6.38.